The van der Waals surface area contributed by atoms with Crippen LogP contribution in [0.25, 0.3) is 0 Å². The van der Waals surface area contributed by atoms with Crippen LogP contribution in [0.3, 0.4) is 0 Å². The summed E-state index contributed by atoms with van der Waals surface area (Å²) in [5.74, 6) is 1.69. The van der Waals surface area contributed by atoms with E-state index in [-0.39, 0.29) is 0 Å². The van der Waals surface area contributed by atoms with Crippen LogP contribution in [0.15, 0.2) is 24.5 Å². The van der Waals surface area contributed by atoms with Gasteiger partial charge in [0.05, 0.1) is 0 Å². The average Bonchev–Trinajstić information content (AvgIpc) is 2.12. The highest BCUT2D eigenvalue weighted by atomic mass is 16.5. The van der Waals surface area contributed by atoms with Crippen LogP contribution in [0.5, 0.6) is 5.75 Å². The Morgan fingerprint density at radius 1 is 1.62 bits per heavy atom. The third-order valence-electron chi connectivity index (χ3n) is 2.16. The van der Waals surface area contributed by atoms with Crippen molar-refractivity contribution in [2.24, 2.45) is 0 Å². The van der Waals surface area contributed by atoms with Crippen molar-refractivity contribution in [3.05, 3.63) is 30.1 Å². The summed E-state index contributed by atoms with van der Waals surface area (Å²) in [4.78, 5) is 6.25. The first-order chi connectivity index (χ1) is 6.18. The molecule has 2 heterocycles. The van der Waals surface area contributed by atoms with Gasteiger partial charge < -0.3 is 9.64 Å². The summed E-state index contributed by atoms with van der Waals surface area (Å²) >= 11 is 0. The van der Waals surface area contributed by atoms with Gasteiger partial charge in [-0.15, -0.1) is 0 Å². The standard InChI is InChI=1S/C10H12N2O/c1-7-4-9-10(11-5-7)12(3)8(2)6-13-9/h4-5H,2,6H2,1,3H3. The van der Waals surface area contributed by atoms with Crippen LogP contribution in [0, 0.1) is 6.92 Å². The number of likely N-dealkylation sites (N-methyl/N-ethyl adjacent to an activating group) is 1. The van der Waals surface area contributed by atoms with Crippen LogP contribution in [0.1, 0.15) is 5.56 Å². The van der Waals surface area contributed by atoms with Crippen molar-refractivity contribution >= 4 is 5.82 Å². The van der Waals surface area contributed by atoms with Crippen LogP contribution < -0.4 is 9.64 Å². The second kappa shape index (κ2) is 2.76. The number of ether oxygens (including phenoxy) is 1. The zero-order valence-corrected chi connectivity index (χ0v) is 7.87. The molecule has 13 heavy (non-hydrogen) atoms. The van der Waals surface area contributed by atoms with Crippen molar-refractivity contribution in [1.82, 2.24) is 4.98 Å². The largest absolute Gasteiger partial charge is 0.483 e. The molecule has 0 saturated heterocycles. The fourth-order valence-electron chi connectivity index (χ4n) is 1.30. The van der Waals surface area contributed by atoms with Crippen LogP contribution in [-0.2, 0) is 0 Å². The lowest BCUT2D eigenvalue weighted by Gasteiger charge is -2.28. The number of pyridine rings is 1. The Kier molecular flexibility index (Phi) is 1.72. The number of hydrogen-bond donors (Lipinski definition) is 0. The molecule has 68 valence electrons. The molecule has 0 amide bonds. The summed E-state index contributed by atoms with van der Waals surface area (Å²) in [5.41, 5.74) is 2.04. The van der Waals surface area contributed by atoms with Crippen LogP contribution in [0.4, 0.5) is 5.82 Å². The minimum absolute atomic E-state index is 0.550. The van der Waals surface area contributed by atoms with Crippen molar-refractivity contribution in [2.75, 3.05) is 18.6 Å². The Hall–Kier alpha value is -1.51. The molecule has 3 nitrogen and oxygen atoms in total. The summed E-state index contributed by atoms with van der Waals surface area (Å²) in [6, 6.07) is 1.99. The summed E-state index contributed by atoms with van der Waals surface area (Å²) in [6.45, 7) is 6.43. The number of anilines is 1. The lowest BCUT2D eigenvalue weighted by molar-refractivity contribution is 0.336. The molecule has 0 bridgehead atoms. The molecule has 0 aromatic carbocycles. The lowest BCUT2D eigenvalue weighted by Crippen LogP contribution is -2.26. The Bertz CT molecular complexity index is 360. The van der Waals surface area contributed by atoms with Gasteiger partial charge in [0.15, 0.2) is 11.6 Å². The van der Waals surface area contributed by atoms with E-state index in [0.29, 0.717) is 6.61 Å². The van der Waals surface area contributed by atoms with Crippen LogP contribution >= 0.6 is 0 Å². The number of nitrogens with zero attached hydrogens (tertiary/aromatic N) is 2. The summed E-state index contributed by atoms with van der Waals surface area (Å²) < 4.78 is 5.48. The number of fused-ring (bicyclic) bond motifs is 1. The molecule has 1 aromatic rings. The Morgan fingerprint density at radius 2 is 2.38 bits per heavy atom. The second-order valence-electron chi connectivity index (χ2n) is 3.25. The van der Waals surface area contributed by atoms with Gasteiger partial charge in [-0.05, 0) is 18.6 Å². The Morgan fingerprint density at radius 3 is 3.15 bits per heavy atom. The molecule has 0 N–H and O–H groups in total. The van der Waals surface area contributed by atoms with Crippen molar-refractivity contribution in [2.45, 2.75) is 6.92 Å². The molecule has 1 aliphatic heterocycles. The van der Waals surface area contributed by atoms with Crippen LogP contribution in [-0.4, -0.2) is 18.6 Å². The quantitative estimate of drug-likeness (QED) is 0.602. The van der Waals surface area contributed by atoms with Gasteiger partial charge in [-0.1, -0.05) is 6.58 Å². The van der Waals surface area contributed by atoms with Crippen molar-refractivity contribution < 1.29 is 4.74 Å². The first kappa shape index (κ1) is 8.10. The smallest absolute Gasteiger partial charge is 0.175 e. The van der Waals surface area contributed by atoms with Crippen molar-refractivity contribution in [3.63, 3.8) is 0 Å². The summed E-state index contributed by atoms with van der Waals surface area (Å²) in [6.07, 6.45) is 1.83. The first-order valence-electron chi connectivity index (χ1n) is 4.19. The second-order valence-corrected chi connectivity index (χ2v) is 3.25. The number of hydrogen-bond acceptors (Lipinski definition) is 3. The van der Waals surface area contributed by atoms with E-state index in [9.17, 15) is 0 Å². The topological polar surface area (TPSA) is 25.4 Å². The maximum Gasteiger partial charge on any atom is 0.175 e. The molecule has 0 spiro atoms. The SMILES string of the molecule is C=C1COc2cc(C)cnc2N1C. The van der Waals surface area contributed by atoms with Crippen molar-refractivity contribution in [1.29, 1.82) is 0 Å². The molecule has 0 aliphatic carbocycles. The minimum atomic E-state index is 0.550. The molecule has 0 fully saturated rings. The van der Waals surface area contributed by atoms with E-state index in [1.807, 2.05) is 31.1 Å². The van der Waals surface area contributed by atoms with E-state index in [1.54, 1.807) is 0 Å². The van der Waals surface area contributed by atoms with Gasteiger partial charge in [0.2, 0.25) is 0 Å². The molecule has 0 saturated carbocycles. The third kappa shape index (κ3) is 1.26. The fourth-order valence-corrected chi connectivity index (χ4v) is 1.30. The lowest BCUT2D eigenvalue weighted by atomic mass is 10.2. The maximum absolute atomic E-state index is 5.48. The zero-order valence-electron chi connectivity index (χ0n) is 7.87. The van der Waals surface area contributed by atoms with Gasteiger partial charge in [-0.25, -0.2) is 4.98 Å². The Labute approximate surface area is 77.7 Å². The maximum atomic E-state index is 5.48. The molecular formula is C10H12N2O. The molecule has 1 aliphatic rings. The van der Waals surface area contributed by atoms with Gasteiger partial charge >= 0.3 is 0 Å². The predicted molar refractivity (Wildman–Crippen MR) is 52.0 cm³/mol. The van der Waals surface area contributed by atoms with Gasteiger partial charge in [0.1, 0.15) is 6.61 Å². The molecule has 0 radical (unpaired) electrons. The number of aryl methyl sites for hydroxylation is 1. The predicted octanol–water partition coefficient (Wildman–Crippen LogP) is 1.73. The highest BCUT2D eigenvalue weighted by Gasteiger charge is 2.18. The van der Waals surface area contributed by atoms with E-state index in [4.69, 9.17) is 4.74 Å². The summed E-state index contributed by atoms with van der Waals surface area (Å²) in [5, 5.41) is 0. The van der Waals surface area contributed by atoms with E-state index in [0.717, 1.165) is 22.8 Å². The minimum Gasteiger partial charge on any atom is -0.483 e. The molecule has 3 heteroatoms. The number of rotatable bonds is 0. The Balaban J connectivity index is 2.49. The van der Waals surface area contributed by atoms with E-state index in [2.05, 4.69) is 11.6 Å². The third-order valence-corrected chi connectivity index (χ3v) is 2.16. The van der Waals surface area contributed by atoms with Gasteiger partial charge in [-0.2, -0.15) is 0 Å². The molecule has 1 aromatic heterocycles. The highest BCUT2D eigenvalue weighted by Crippen LogP contribution is 2.31. The van der Waals surface area contributed by atoms with Gasteiger partial charge in [-0.3, -0.25) is 0 Å². The number of aromatic nitrogens is 1. The zero-order chi connectivity index (χ0) is 9.42. The molecular weight excluding hydrogens is 164 g/mol. The van der Waals surface area contributed by atoms with E-state index in [1.165, 1.54) is 0 Å². The van der Waals surface area contributed by atoms with Gasteiger partial charge in [0, 0.05) is 18.9 Å². The fraction of sp³-hybridized carbons (Fsp3) is 0.300. The highest BCUT2D eigenvalue weighted by molar-refractivity contribution is 5.58. The van der Waals surface area contributed by atoms with Crippen molar-refractivity contribution in [3.8, 4) is 5.75 Å². The van der Waals surface area contributed by atoms with E-state index < -0.39 is 0 Å². The molecule has 2 rings (SSSR count). The monoisotopic (exact) mass is 176 g/mol. The molecule has 0 unspecified atom stereocenters. The molecule has 0 atom stereocenters. The average molecular weight is 176 g/mol. The van der Waals surface area contributed by atoms with Gasteiger partial charge in [0.25, 0.3) is 0 Å². The summed E-state index contributed by atoms with van der Waals surface area (Å²) in [7, 11) is 1.95. The van der Waals surface area contributed by atoms with E-state index >= 15 is 0 Å². The normalized spacial score (nSPS) is 15.2. The first-order valence-corrected chi connectivity index (χ1v) is 4.19. The van der Waals surface area contributed by atoms with Crippen LogP contribution in [0.2, 0.25) is 0 Å².